The molecule has 102 valence electrons. The number of alkyl halides is 3. The molecule has 0 saturated heterocycles. The topological polar surface area (TPSA) is 42.2 Å². The second kappa shape index (κ2) is 5.05. The van der Waals surface area contributed by atoms with Crippen LogP contribution in [0.3, 0.4) is 0 Å². The quantitative estimate of drug-likeness (QED) is 0.901. The highest BCUT2D eigenvalue weighted by molar-refractivity contribution is 7.15. The Morgan fingerprint density at radius 3 is 2.61 bits per heavy atom. The van der Waals surface area contributed by atoms with Crippen LogP contribution in [-0.2, 0) is 6.54 Å². The van der Waals surface area contributed by atoms with E-state index in [-0.39, 0.29) is 6.54 Å². The van der Waals surface area contributed by atoms with E-state index in [0.29, 0.717) is 17.6 Å². The Balaban J connectivity index is 2.03. The standard InChI is InChI=1S/C11H16F3N3S/c1-17(5-4-11(12,13)14)10-16-9(7-2-3-7)8(6-15)18-10/h7H,2-6,15H2,1H3. The van der Waals surface area contributed by atoms with Crippen LogP contribution in [0.1, 0.15) is 35.8 Å². The molecule has 0 atom stereocenters. The monoisotopic (exact) mass is 279 g/mol. The lowest BCUT2D eigenvalue weighted by Crippen LogP contribution is -2.23. The highest BCUT2D eigenvalue weighted by Crippen LogP contribution is 2.44. The first-order valence-electron chi connectivity index (χ1n) is 5.88. The lowest BCUT2D eigenvalue weighted by molar-refractivity contribution is -0.132. The normalized spacial score (nSPS) is 16.1. The van der Waals surface area contributed by atoms with Gasteiger partial charge in [0.15, 0.2) is 5.13 Å². The smallest absolute Gasteiger partial charge is 0.351 e. The average molecular weight is 279 g/mol. The van der Waals surface area contributed by atoms with E-state index >= 15 is 0 Å². The Morgan fingerprint density at radius 1 is 1.44 bits per heavy atom. The summed E-state index contributed by atoms with van der Waals surface area (Å²) in [5.74, 6) is 0.476. The largest absolute Gasteiger partial charge is 0.390 e. The first kappa shape index (κ1) is 13.6. The molecule has 0 spiro atoms. The van der Waals surface area contributed by atoms with Crippen LogP contribution < -0.4 is 10.6 Å². The molecule has 0 bridgehead atoms. The van der Waals surface area contributed by atoms with Crippen molar-refractivity contribution >= 4 is 16.5 Å². The lowest BCUT2D eigenvalue weighted by atomic mass is 10.2. The summed E-state index contributed by atoms with van der Waals surface area (Å²) in [7, 11) is 1.64. The highest BCUT2D eigenvalue weighted by Gasteiger charge is 2.31. The van der Waals surface area contributed by atoms with Crippen LogP contribution in [-0.4, -0.2) is 24.8 Å². The summed E-state index contributed by atoms with van der Waals surface area (Å²) in [5, 5.41) is 0.640. The Kier molecular flexibility index (Phi) is 3.82. The molecule has 7 heteroatoms. The second-order valence-corrected chi connectivity index (χ2v) is 5.63. The highest BCUT2D eigenvalue weighted by atomic mass is 32.1. The summed E-state index contributed by atoms with van der Waals surface area (Å²) >= 11 is 1.41. The van der Waals surface area contributed by atoms with Crippen molar-refractivity contribution in [1.82, 2.24) is 4.98 Å². The van der Waals surface area contributed by atoms with E-state index in [1.807, 2.05) is 0 Å². The summed E-state index contributed by atoms with van der Waals surface area (Å²) in [4.78, 5) is 7.01. The van der Waals surface area contributed by atoms with E-state index in [1.165, 1.54) is 11.3 Å². The molecule has 1 heterocycles. The van der Waals surface area contributed by atoms with Gasteiger partial charge in [-0.1, -0.05) is 0 Å². The Labute approximate surface area is 108 Å². The number of nitrogens with zero attached hydrogens (tertiary/aromatic N) is 2. The molecule has 18 heavy (non-hydrogen) atoms. The van der Waals surface area contributed by atoms with Crippen LogP contribution in [0.15, 0.2) is 0 Å². The molecule has 1 aromatic rings. The predicted octanol–water partition coefficient (Wildman–Crippen LogP) is 2.87. The maximum atomic E-state index is 12.2. The maximum absolute atomic E-state index is 12.2. The van der Waals surface area contributed by atoms with E-state index in [4.69, 9.17) is 5.73 Å². The lowest BCUT2D eigenvalue weighted by Gasteiger charge is -2.16. The summed E-state index contributed by atoms with van der Waals surface area (Å²) in [6.07, 6.45) is -2.72. The van der Waals surface area contributed by atoms with Gasteiger partial charge in [0, 0.05) is 30.9 Å². The van der Waals surface area contributed by atoms with Crippen LogP contribution in [0, 0.1) is 0 Å². The first-order chi connectivity index (χ1) is 8.40. The van der Waals surface area contributed by atoms with Gasteiger partial charge in [-0.2, -0.15) is 13.2 Å². The number of anilines is 1. The molecule has 3 nitrogen and oxygen atoms in total. The number of rotatable bonds is 5. The second-order valence-electron chi connectivity index (χ2n) is 4.57. The Hall–Kier alpha value is -0.820. The van der Waals surface area contributed by atoms with E-state index in [1.54, 1.807) is 11.9 Å². The minimum absolute atomic E-state index is 0.0644. The van der Waals surface area contributed by atoms with Gasteiger partial charge in [0.05, 0.1) is 12.1 Å². The third-order valence-corrected chi connectivity index (χ3v) is 4.13. The molecular weight excluding hydrogens is 263 g/mol. The fraction of sp³-hybridized carbons (Fsp3) is 0.727. The zero-order valence-corrected chi connectivity index (χ0v) is 10.9. The van der Waals surface area contributed by atoms with Gasteiger partial charge in [-0.25, -0.2) is 4.98 Å². The molecule has 1 aromatic heterocycles. The fourth-order valence-corrected chi connectivity index (χ4v) is 2.74. The van der Waals surface area contributed by atoms with Gasteiger partial charge in [-0.15, -0.1) is 11.3 Å². The summed E-state index contributed by atoms with van der Waals surface area (Å²) < 4.78 is 36.5. The predicted molar refractivity (Wildman–Crippen MR) is 65.9 cm³/mol. The van der Waals surface area contributed by atoms with Crippen LogP contribution in [0.2, 0.25) is 0 Å². The molecule has 1 aliphatic rings. The van der Waals surface area contributed by atoms with Crippen molar-refractivity contribution < 1.29 is 13.2 Å². The van der Waals surface area contributed by atoms with Crippen molar-refractivity contribution in [2.75, 3.05) is 18.5 Å². The Bertz CT molecular complexity index is 412. The number of aromatic nitrogens is 1. The van der Waals surface area contributed by atoms with Crippen molar-refractivity contribution in [2.45, 2.75) is 37.9 Å². The first-order valence-corrected chi connectivity index (χ1v) is 6.70. The van der Waals surface area contributed by atoms with Gasteiger partial charge in [-0.3, -0.25) is 0 Å². The van der Waals surface area contributed by atoms with Crippen LogP contribution in [0.25, 0.3) is 0 Å². The molecule has 0 aromatic carbocycles. The van der Waals surface area contributed by atoms with E-state index in [0.717, 1.165) is 23.4 Å². The molecule has 1 fully saturated rings. The molecule has 2 rings (SSSR count). The van der Waals surface area contributed by atoms with Gasteiger partial charge < -0.3 is 10.6 Å². The molecule has 0 unspecified atom stereocenters. The van der Waals surface area contributed by atoms with Crippen molar-refractivity contribution in [3.63, 3.8) is 0 Å². The third kappa shape index (κ3) is 3.35. The van der Waals surface area contributed by atoms with Crippen molar-refractivity contribution in [3.8, 4) is 0 Å². The number of hydrogen-bond acceptors (Lipinski definition) is 4. The van der Waals surface area contributed by atoms with Crippen molar-refractivity contribution in [1.29, 1.82) is 0 Å². The molecule has 0 aliphatic heterocycles. The summed E-state index contributed by atoms with van der Waals surface area (Å²) in [6.45, 7) is 0.349. The minimum atomic E-state index is -4.12. The molecule has 1 saturated carbocycles. The summed E-state index contributed by atoms with van der Waals surface area (Å²) in [5.41, 5.74) is 6.64. The minimum Gasteiger partial charge on any atom is -0.351 e. The molecule has 2 N–H and O–H groups in total. The van der Waals surface area contributed by atoms with Gasteiger partial charge in [0.2, 0.25) is 0 Å². The SMILES string of the molecule is CN(CCC(F)(F)F)c1nc(C2CC2)c(CN)s1. The summed E-state index contributed by atoms with van der Waals surface area (Å²) in [6, 6.07) is 0. The van der Waals surface area contributed by atoms with E-state index in [2.05, 4.69) is 4.98 Å². The Morgan fingerprint density at radius 2 is 2.11 bits per heavy atom. The fourth-order valence-electron chi connectivity index (χ4n) is 1.73. The van der Waals surface area contributed by atoms with Gasteiger partial charge in [-0.05, 0) is 12.8 Å². The van der Waals surface area contributed by atoms with Gasteiger partial charge in [0.1, 0.15) is 0 Å². The van der Waals surface area contributed by atoms with Crippen molar-refractivity contribution in [2.24, 2.45) is 5.73 Å². The molecule has 0 radical (unpaired) electrons. The average Bonchev–Trinajstić information content (AvgIpc) is 3.04. The zero-order chi connectivity index (χ0) is 13.3. The molecule has 0 amide bonds. The van der Waals surface area contributed by atoms with Crippen molar-refractivity contribution in [3.05, 3.63) is 10.6 Å². The number of nitrogens with two attached hydrogens (primary N) is 1. The van der Waals surface area contributed by atoms with E-state index < -0.39 is 12.6 Å². The van der Waals surface area contributed by atoms with Gasteiger partial charge in [0.25, 0.3) is 0 Å². The number of thiazole rings is 1. The van der Waals surface area contributed by atoms with Gasteiger partial charge >= 0.3 is 6.18 Å². The maximum Gasteiger partial charge on any atom is 0.390 e. The molecule has 1 aliphatic carbocycles. The number of halogens is 3. The van der Waals surface area contributed by atoms with Crippen LogP contribution in [0.4, 0.5) is 18.3 Å². The zero-order valence-electron chi connectivity index (χ0n) is 10.1. The van der Waals surface area contributed by atoms with Crippen LogP contribution >= 0.6 is 11.3 Å². The molecular formula is C11H16F3N3S. The van der Waals surface area contributed by atoms with Crippen LogP contribution in [0.5, 0.6) is 0 Å². The number of hydrogen-bond donors (Lipinski definition) is 1. The third-order valence-electron chi connectivity index (χ3n) is 2.92. The van der Waals surface area contributed by atoms with E-state index in [9.17, 15) is 13.2 Å².